The van der Waals surface area contributed by atoms with Gasteiger partial charge in [0.2, 0.25) is 5.91 Å². The van der Waals surface area contributed by atoms with E-state index in [2.05, 4.69) is 21.2 Å². The van der Waals surface area contributed by atoms with Crippen LogP contribution in [0.5, 0.6) is 0 Å². The van der Waals surface area contributed by atoms with Crippen LogP contribution in [-0.4, -0.2) is 51.7 Å². The van der Waals surface area contributed by atoms with Gasteiger partial charge in [0.15, 0.2) is 0 Å². The van der Waals surface area contributed by atoms with Crippen LogP contribution in [0.2, 0.25) is 0 Å². The van der Waals surface area contributed by atoms with Crippen molar-refractivity contribution < 1.29 is 33.5 Å². The quantitative estimate of drug-likeness (QED) is 0.306. The molecule has 0 radical (unpaired) electrons. The minimum Gasteiger partial charge on any atom is -0.459 e. The number of carbonyl (C=O) groups is 5. The molecule has 1 saturated heterocycles. The molecule has 0 saturated carbocycles. The van der Waals surface area contributed by atoms with Gasteiger partial charge in [-0.25, -0.2) is 4.79 Å². The molecule has 2 unspecified atom stereocenters. The second kappa shape index (κ2) is 9.26. The Morgan fingerprint density at radius 2 is 1.42 bits per heavy atom. The molecule has 1 heterocycles. The molecule has 0 aliphatic carbocycles. The zero-order valence-corrected chi connectivity index (χ0v) is 21.1. The van der Waals surface area contributed by atoms with Crippen molar-refractivity contribution in [2.24, 2.45) is 10.8 Å². The summed E-state index contributed by atoms with van der Waals surface area (Å²) in [4.78, 5) is 67.4. The summed E-state index contributed by atoms with van der Waals surface area (Å²) in [6, 6.07) is 0. The van der Waals surface area contributed by atoms with Gasteiger partial charge in [0, 0.05) is 25.3 Å². The maximum Gasteiger partial charge on any atom is 0.339 e. The first kappa shape index (κ1) is 27.1. The van der Waals surface area contributed by atoms with Crippen molar-refractivity contribution in [2.45, 2.75) is 84.1 Å². The van der Waals surface area contributed by atoms with Crippen LogP contribution >= 0.6 is 15.9 Å². The summed E-state index contributed by atoms with van der Waals surface area (Å²) in [7, 11) is 1.48. The number of carbonyl (C=O) groups excluding carboxylic acids is 5. The fraction of sp³-hybridized carbons (Fsp3) is 0.762. The standard InChI is InChI=1S/C21H33BrN2O7/c1-18(2,3)30-17(29)21(7,22)12-20(6,11-19(4,5)15(27)23-8)16(28)31-24-13(25)9-10-14(24)26/h9-12H2,1-8H3,(H,23,27). The third-order valence-electron chi connectivity index (χ3n) is 4.89. The Hall–Kier alpha value is -1.97. The molecular formula is C21H33BrN2O7. The Bertz CT molecular complexity index is 754. The van der Waals surface area contributed by atoms with Crippen molar-refractivity contribution in [3.05, 3.63) is 0 Å². The molecule has 0 spiro atoms. The molecule has 9 nitrogen and oxygen atoms in total. The third kappa shape index (κ3) is 7.02. The lowest BCUT2D eigenvalue weighted by Gasteiger charge is -2.39. The van der Waals surface area contributed by atoms with Gasteiger partial charge >= 0.3 is 11.9 Å². The number of nitrogens with zero attached hydrogens (tertiary/aromatic N) is 1. The first-order valence-electron chi connectivity index (χ1n) is 10.1. The van der Waals surface area contributed by atoms with Crippen molar-refractivity contribution in [3.8, 4) is 0 Å². The molecule has 0 aromatic rings. The van der Waals surface area contributed by atoms with Gasteiger partial charge < -0.3 is 14.9 Å². The van der Waals surface area contributed by atoms with Gasteiger partial charge in [-0.3, -0.25) is 19.2 Å². The van der Waals surface area contributed by atoms with Crippen LogP contribution in [0, 0.1) is 10.8 Å². The van der Waals surface area contributed by atoms with Gasteiger partial charge in [-0.15, -0.1) is 5.06 Å². The number of esters is 1. The lowest BCUT2D eigenvalue weighted by molar-refractivity contribution is -0.206. The van der Waals surface area contributed by atoms with E-state index in [-0.39, 0.29) is 31.6 Å². The van der Waals surface area contributed by atoms with Gasteiger partial charge in [-0.05, 0) is 47.5 Å². The Morgan fingerprint density at radius 1 is 0.935 bits per heavy atom. The Balaban J connectivity index is 3.27. The molecule has 1 aliphatic heterocycles. The Labute approximate surface area is 191 Å². The molecular weight excluding hydrogens is 472 g/mol. The number of nitrogens with one attached hydrogen (secondary N) is 1. The average molecular weight is 505 g/mol. The number of hydrogen-bond donors (Lipinski definition) is 1. The summed E-state index contributed by atoms with van der Waals surface area (Å²) in [5.41, 5.74) is -3.19. The average Bonchev–Trinajstić information content (AvgIpc) is 2.90. The molecule has 0 bridgehead atoms. The highest BCUT2D eigenvalue weighted by Crippen LogP contribution is 2.44. The largest absolute Gasteiger partial charge is 0.459 e. The van der Waals surface area contributed by atoms with E-state index >= 15 is 0 Å². The summed E-state index contributed by atoms with van der Waals surface area (Å²) in [5, 5.41) is 3.02. The zero-order chi connectivity index (χ0) is 24.4. The Kier molecular flexibility index (Phi) is 8.08. The number of amides is 3. The fourth-order valence-corrected chi connectivity index (χ4v) is 4.34. The topological polar surface area (TPSA) is 119 Å². The number of hydrogen-bond acceptors (Lipinski definition) is 7. The summed E-state index contributed by atoms with van der Waals surface area (Å²) < 4.78 is 4.16. The summed E-state index contributed by atoms with van der Waals surface area (Å²) in [6.45, 7) is 11.6. The van der Waals surface area contributed by atoms with Gasteiger partial charge in [0.25, 0.3) is 11.8 Å². The lowest BCUT2D eigenvalue weighted by Crippen LogP contribution is -2.48. The smallest absolute Gasteiger partial charge is 0.339 e. The SMILES string of the molecule is CNC(=O)C(C)(C)CC(C)(CC(C)(Br)C(=O)OC(C)(C)C)C(=O)ON1C(=O)CCC1=O. The number of halogens is 1. The maximum absolute atomic E-state index is 13.2. The van der Waals surface area contributed by atoms with E-state index in [0.29, 0.717) is 5.06 Å². The van der Waals surface area contributed by atoms with Crippen LogP contribution in [0.1, 0.15) is 74.1 Å². The van der Waals surface area contributed by atoms with E-state index in [4.69, 9.17) is 9.57 Å². The Morgan fingerprint density at radius 3 is 1.84 bits per heavy atom. The second-order valence-electron chi connectivity index (χ2n) is 10.0. The first-order chi connectivity index (χ1) is 13.8. The van der Waals surface area contributed by atoms with E-state index in [9.17, 15) is 24.0 Å². The van der Waals surface area contributed by atoms with Crippen LogP contribution in [0.4, 0.5) is 0 Å². The van der Waals surface area contributed by atoms with Crippen LogP contribution in [0.15, 0.2) is 0 Å². The van der Waals surface area contributed by atoms with Gasteiger partial charge in [0.1, 0.15) is 9.93 Å². The summed E-state index contributed by atoms with van der Waals surface area (Å²) in [5.74, 6) is -3.01. The third-order valence-corrected chi connectivity index (χ3v) is 5.50. The van der Waals surface area contributed by atoms with E-state index in [1.807, 2.05) is 0 Å². The van der Waals surface area contributed by atoms with Crippen molar-refractivity contribution in [3.63, 3.8) is 0 Å². The van der Waals surface area contributed by atoms with Crippen molar-refractivity contribution >= 4 is 45.6 Å². The van der Waals surface area contributed by atoms with E-state index in [0.717, 1.165) is 0 Å². The van der Waals surface area contributed by atoms with E-state index < -0.39 is 44.5 Å². The fourth-order valence-electron chi connectivity index (χ4n) is 3.64. The predicted molar refractivity (Wildman–Crippen MR) is 116 cm³/mol. The van der Waals surface area contributed by atoms with Crippen molar-refractivity contribution in [2.75, 3.05) is 7.05 Å². The normalized spacial score (nSPS) is 18.8. The van der Waals surface area contributed by atoms with Gasteiger partial charge in [0.05, 0.1) is 5.41 Å². The lowest BCUT2D eigenvalue weighted by atomic mass is 9.69. The number of alkyl halides is 1. The molecule has 1 rings (SSSR count). The zero-order valence-electron chi connectivity index (χ0n) is 19.5. The van der Waals surface area contributed by atoms with Crippen LogP contribution < -0.4 is 5.32 Å². The monoisotopic (exact) mass is 504 g/mol. The molecule has 10 heteroatoms. The number of rotatable bonds is 8. The highest BCUT2D eigenvalue weighted by molar-refractivity contribution is 9.10. The van der Waals surface area contributed by atoms with Gasteiger partial charge in [-0.2, -0.15) is 0 Å². The number of imide groups is 1. The van der Waals surface area contributed by atoms with Gasteiger partial charge in [-0.1, -0.05) is 29.8 Å². The summed E-state index contributed by atoms with van der Waals surface area (Å²) in [6.07, 6.45) is -0.204. The highest BCUT2D eigenvalue weighted by Gasteiger charge is 2.51. The summed E-state index contributed by atoms with van der Waals surface area (Å²) >= 11 is 3.37. The van der Waals surface area contributed by atoms with Crippen LogP contribution in [-0.2, 0) is 33.5 Å². The van der Waals surface area contributed by atoms with Crippen molar-refractivity contribution in [1.29, 1.82) is 0 Å². The molecule has 0 aromatic carbocycles. The minimum absolute atomic E-state index is 0.0152. The highest BCUT2D eigenvalue weighted by atomic mass is 79.9. The molecule has 0 aromatic heterocycles. The molecule has 1 aliphatic rings. The molecule has 1 fully saturated rings. The molecule has 2 atom stereocenters. The van der Waals surface area contributed by atoms with E-state index in [1.54, 1.807) is 41.5 Å². The number of hydroxylamine groups is 2. The molecule has 1 N–H and O–H groups in total. The second-order valence-corrected chi connectivity index (χ2v) is 11.8. The van der Waals surface area contributed by atoms with Crippen molar-refractivity contribution in [1.82, 2.24) is 10.4 Å². The predicted octanol–water partition coefficient (Wildman–Crippen LogP) is 2.65. The maximum atomic E-state index is 13.2. The molecule has 176 valence electrons. The molecule has 3 amide bonds. The minimum atomic E-state index is -1.42. The van der Waals surface area contributed by atoms with Crippen LogP contribution in [0.25, 0.3) is 0 Å². The first-order valence-corrected chi connectivity index (χ1v) is 10.9. The number of ether oxygens (including phenoxy) is 1. The van der Waals surface area contributed by atoms with Crippen LogP contribution in [0.3, 0.4) is 0 Å². The van der Waals surface area contributed by atoms with E-state index in [1.165, 1.54) is 14.0 Å². The molecule has 31 heavy (non-hydrogen) atoms.